The third-order valence-electron chi connectivity index (χ3n) is 3.32. The zero-order valence-electron chi connectivity index (χ0n) is 7.70. The highest BCUT2D eigenvalue weighted by molar-refractivity contribution is 4.94. The van der Waals surface area contributed by atoms with Crippen molar-refractivity contribution in [2.45, 2.75) is 12.5 Å². The van der Waals surface area contributed by atoms with Gasteiger partial charge < -0.3 is 15.4 Å². The van der Waals surface area contributed by atoms with Crippen molar-refractivity contribution in [2.24, 2.45) is 17.6 Å². The number of hydrogen-bond donors (Lipinski definition) is 1. The predicted octanol–water partition coefficient (Wildman–Crippen LogP) is -0.0882. The second-order valence-electron chi connectivity index (χ2n) is 4.05. The maximum atomic E-state index is 5.58. The first-order valence-corrected chi connectivity index (χ1v) is 4.81. The Morgan fingerprint density at radius 1 is 1.50 bits per heavy atom. The molecular weight excluding hydrogens is 152 g/mol. The van der Waals surface area contributed by atoms with Gasteiger partial charge >= 0.3 is 0 Å². The summed E-state index contributed by atoms with van der Waals surface area (Å²) in [7, 11) is 2.20. The molecular formula is C9H18N2O. The van der Waals surface area contributed by atoms with E-state index in [2.05, 4.69) is 11.9 Å². The van der Waals surface area contributed by atoms with Crippen LogP contribution in [0.25, 0.3) is 0 Å². The summed E-state index contributed by atoms with van der Waals surface area (Å²) >= 11 is 0. The molecule has 2 saturated heterocycles. The van der Waals surface area contributed by atoms with Crippen molar-refractivity contribution in [1.29, 1.82) is 0 Å². The fourth-order valence-corrected chi connectivity index (χ4v) is 2.62. The van der Waals surface area contributed by atoms with E-state index in [0.717, 1.165) is 38.0 Å². The van der Waals surface area contributed by atoms with Gasteiger partial charge in [0.2, 0.25) is 0 Å². The van der Waals surface area contributed by atoms with Gasteiger partial charge in [0.25, 0.3) is 0 Å². The lowest BCUT2D eigenvalue weighted by molar-refractivity contribution is 0.145. The summed E-state index contributed by atoms with van der Waals surface area (Å²) < 4.78 is 5.48. The topological polar surface area (TPSA) is 38.5 Å². The minimum Gasteiger partial charge on any atom is -0.379 e. The van der Waals surface area contributed by atoms with Crippen LogP contribution in [0.2, 0.25) is 0 Å². The molecule has 0 aliphatic carbocycles. The number of likely N-dealkylation sites (N-methyl/N-ethyl adjacent to an activating group) is 1. The van der Waals surface area contributed by atoms with Gasteiger partial charge in [-0.25, -0.2) is 0 Å². The lowest BCUT2D eigenvalue weighted by Gasteiger charge is -2.15. The highest BCUT2D eigenvalue weighted by Crippen LogP contribution is 2.34. The molecule has 70 valence electrons. The van der Waals surface area contributed by atoms with Crippen LogP contribution >= 0.6 is 0 Å². The summed E-state index contributed by atoms with van der Waals surface area (Å²) in [5.41, 5.74) is 5.58. The van der Waals surface area contributed by atoms with E-state index in [0.29, 0.717) is 6.04 Å². The smallest absolute Gasteiger partial charge is 0.0625 e. The standard InChI is InChI=1S/C9H18N2O/c1-11-4-7(2-3-10)8-5-12-6-9(8)11/h7-9H,2-6,10H2,1H3. The average molecular weight is 170 g/mol. The van der Waals surface area contributed by atoms with Crippen LogP contribution in [0, 0.1) is 11.8 Å². The zero-order chi connectivity index (χ0) is 8.55. The highest BCUT2D eigenvalue weighted by atomic mass is 16.5. The summed E-state index contributed by atoms with van der Waals surface area (Å²) in [4.78, 5) is 2.43. The van der Waals surface area contributed by atoms with E-state index in [1.54, 1.807) is 0 Å². The molecule has 2 aliphatic rings. The number of fused-ring (bicyclic) bond motifs is 1. The summed E-state index contributed by atoms with van der Waals surface area (Å²) in [5.74, 6) is 1.55. The summed E-state index contributed by atoms with van der Waals surface area (Å²) in [6.07, 6.45) is 1.16. The maximum absolute atomic E-state index is 5.58. The highest BCUT2D eigenvalue weighted by Gasteiger charge is 2.42. The van der Waals surface area contributed by atoms with Gasteiger partial charge in [-0.05, 0) is 25.9 Å². The molecule has 0 spiro atoms. The Morgan fingerprint density at radius 2 is 2.33 bits per heavy atom. The van der Waals surface area contributed by atoms with Crippen LogP contribution in [0.15, 0.2) is 0 Å². The Hall–Kier alpha value is -0.120. The van der Waals surface area contributed by atoms with Crippen LogP contribution < -0.4 is 5.73 Å². The van der Waals surface area contributed by atoms with Gasteiger partial charge in [0.1, 0.15) is 0 Å². The first-order chi connectivity index (χ1) is 5.83. The van der Waals surface area contributed by atoms with Crippen molar-refractivity contribution < 1.29 is 4.74 Å². The SMILES string of the molecule is CN1CC(CCN)C2COCC21. The molecule has 3 nitrogen and oxygen atoms in total. The van der Waals surface area contributed by atoms with Crippen molar-refractivity contribution in [3.05, 3.63) is 0 Å². The van der Waals surface area contributed by atoms with E-state index in [1.165, 1.54) is 6.54 Å². The number of nitrogens with zero attached hydrogens (tertiary/aromatic N) is 1. The van der Waals surface area contributed by atoms with Gasteiger partial charge in [-0.2, -0.15) is 0 Å². The maximum Gasteiger partial charge on any atom is 0.0625 e. The Balaban J connectivity index is 1.99. The van der Waals surface area contributed by atoms with Crippen LogP contribution in [0.4, 0.5) is 0 Å². The first-order valence-electron chi connectivity index (χ1n) is 4.81. The van der Waals surface area contributed by atoms with E-state index in [1.807, 2.05) is 0 Å². The van der Waals surface area contributed by atoms with Gasteiger partial charge in [0, 0.05) is 18.5 Å². The molecule has 2 fully saturated rings. The molecule has 12 heavy (non-hydrogen) atoms. The third kappa shape index (κ3) is 1.26. The molecule has 2 rings (SSSR count). The zero-order valence-corrected chi connectivity index (χ0v) is 7.70. The predicted molar refractivity (Wildman–Crippen MR) is 47.9 cm³/mol. The molecule has 0 amide bonds. The van der Waals surface area contributed by atoms with Crippen LogP contribution in [0.3, 0.4) is 0 Å². The van der Waals surface area contributed by atoms with E-state index < -0.39 is 0 Å². The van der Waals surface area contributed by atoms with Gasteiger partial charge in [-0.3, -0.25) is 0 Å². The molecule has 3 unspecified atom stereocenters. The minimum atomic E-state index is 0.682. The molecule has 0 bridgehead atoms. The summed E-state index contributed by atoms with van der Waals surface area (Å²) in [6, 6.07) is 0.682. The van der Waals surface area contributed by atoms with Crippen LogP contribution in [0.1, 0.15) is 6.42 Å². The first kappa shape index (κ1) is 8.48. The third-order valence-corrected chi connectivity index (χ3v) is 3.32. The number of hydrogen-bond acceptors (Lipinski definition) is 3. The minimum absolute atomic E-state index is 0.682. The van der Waals surface area contributed by atoms with Crippen LogP contribution in [-0.2, 0) is 4.74 Å². The normalized spacial score (nSPS) is 42.0. The Morgan fingerprint density at radius 3 is 3.08 bits per heavy atom. The molecule has 0 aromatic heterocycles. The molecule has 2 N–H and O–H groups in total. The number of likely N-dealkylation sites (tertiary alicyclic amines) is 1. The van der Waals surface area contributed by atoms with Gasteiger partial charge in [-0.15, -0.1) is 0 Å². The molecule has 0 radical (unpaired) electrons. The quantitative estimate of drug-likeness (QED) is 0.629. The van der Waals surface area contributed by atoms with Crippen molar-refractivity contribution in [1.82, 2.24) is 4.90 Å². The number of rotatable bonds is 2. The van der Waals surface area contributed by atoms with E-state index in [9.17, 15) is 0 Å². The molecule has 3 heteroatoms. The average Bonchev–Trinajstić information content (AvgIpc) is 2.58. The van der Waals surface area contributed by atoms with Crippen LogP contribution in [-0.4, -0.2) is 44.3 Å². The molecule has 3 atom stereocenters. The van der Waals surface area contributed by atoms with Crippen molar-refractivity contribution >= 4 is 0 Å². The molecule has 0 aromatic carbocycles. The Labute approximate surface area is 73.9 Å². The molecule has 2 aliphatic heterocycles. The monoisotopic (exact) mass is 170 g/mol. The fourth-order valence-electron chi connectivity index (χ4n) is 2.62. The summed E-state index contributed by atoms with van der Waals surface area (Å²) in [6.45, 7) is 3.93. The van der Waals surface area contributed by atoms with E-state index in [4.69, 9.17) is 10.5 Å². The van der Waals surface area contributed by atoms with E-state index in [-0.39, 0.29) is 0 Å². The second kappa shape index (κ2) is 3.32. The molecule has 0 aromatic rings. The molecule has 0 saturated carbocycles. The van der Waals surface area contributed by atoms with Crippen molar-refractivity contribution in [2.75, 3.05) is 33.4 Å². The largest absolute Gasteiger partial charge is 0.379 e. The fraction of sp³-hybridized carbons (Fsp3) is 1.00. The second-order valence-corrected chi connectivity index (χ2v) is 4.05. The summed E-state index contributed by atoms with van der Waals surface area (Å²) in [5, 5.41) is 0. The van der Waals surface area contributed by atoms with Gasteiger partial charge in [0.15, 0.2) is 0 Å². The number of nitrogens with two attached hydrogens (primary N) is 1. The van der Waals surface area contributed by atoms with E-state index >= 15 is 0 Å². The van der Waals surface area contributed by atoms with Crippen molar-refractivity contribution in [3.63, 3.8) is 0 Å². The number of ether oxygens (including phenoxy) is 1. The van der Waals surface area contributed by atoms with Crippen LogP contribution in [0.5, 0.6) is 0 Å². The van der Waals surface area contributed by atoms with Gasteiger partial charge in [0.05, 0.1) is 13.2 Å². The lowest BCUT2D eigenvalue weighted by Crippen LogP contribution is -2.28. The molecule has 2 heterocycles. The lowest BCUT2D eigenvalue weighted by atomic mass is 9.91. The Kier molecular flexibility index (Phi) is 2.35. The van der Waals surface area contributed by atoms with Gasteiger partial charge in [-0.1, -0.05) is 0 Å². The Bertz CT molecular complexity index is 163. The van der Waals surface area contributed by atoms with Crippen molar-refractivity contribution in [3.8, 4) is 0 Å².